The molecule has 1 spiro atoms. The maximum atomic E-state index is 13.8. The van der Waals surface area contributed by atoms with Crippen molar-refractivity contribution in [3.8, 4) is 11.5 Å². The number of nitrogens with one attached hydrogen (secondary N) is 2. The van der Waals surface area contributed by atoms with Crippen LogP contribution >= 0.6 is 0 Å². The highest BCUT2D eigenvalue weighted by atomic mass is 16.3. The van der Waals surface area contributed by atoms with Crippen LogP contribution in [0.1, 0.15) is 16.7 Å². The van der Waals surface area contributed by atoms with Gasteiger partial charge in [-0.3, -0.25) is 24.6 Å². The van der Waals surface area contributed by atoms with Gasteiger partial charge in [-0.05, 0) is 35.7 Å². The van der Waals surface area contributed by atoms with Gasteiger partial charge in [0.05, 0.1) is 18.4 Å². The van der Waals surface area contributed by atoms with Crippen molar-refractivity contribution in [3.05, 3.63) is 89.5 Å². The minimum absolute atomic E-state index is 0.136. The number of nitrogens with zero attached hydrogens (tertiary/aromatic N) is 1. The number of carbonyl (C=O) groups is 3. The molecule has 8 nitrogen and oxygen atoms in total. The standard InChI is InChI=1S/C27H23N3O5/c31-20-11-10-16(13-21(20)32)12-19-22-23(25(34)30(24(22)33)14-15-6-2-1-3-7-15)27(29-19)17-8-4-5-9-18(17)28-26(27)35/h1-11,13,19,22-23,29,31-32H,12,14H2,(H,28,35). The smallest absolute Gasteiger partial charge is 0.250 e. The van der Waals surface area contributed by atoms with Gasteiger partial charge in [0.25, 0.3) is 0 Å². The molecule has 3 amide bonds. The molecule has 0 bridgehead atoms. The average Bonchev–Trinajstić information content (AvgIpc) is 3.43. The molecule has 0 saturated carbocycles. The number of fused-ring (bicyclic) bond motifs is 4. The van der Waals surface area contributed by atoms with Gasteiger partial charge in [0.15, 0.2) is 11.5 Å². The monoisotopic (exact) mass is 469 g/mol. The fraction of sp³-hybridized carbons (Fsp3) is 0.222. The molecule has 2 saturated heterocycles. The van der Waals surface area contributed by atoms with Crippen LogP contribution in [0.2, 0.25) is 0 Å². The summed E-state index contributed by atoms with van der Waals surface area (Å²) in [4.78, 5) is 42.3. The van der Waals surface area contributed by atoms with Gasteiger partial charge in [0.1, 0.15) is 5.54 Å². The second-order valence-electron chi connectivity index (χ2n) is 9.34. The highest BCUT2D eigenvalue weighted by Gasteiger charge is 2.70. The average molecular weight is 469 g/mol. The van der Waals surface area contributed by atoms with E-state index in [2.05, 4.69) is 10.6 Å². The predicted octanol–water partition coefficient (Wildman–Crippen LogP) is 2.26. The molecular weight excluding hydrogens is 446 g/mol. The summed E-state index contributed by atoms with van der Waals surface area (Å²) >= 11 is 0. The van der Waals surface area contributed by atoms with Crippen LogP contribution in [0.3, 0.4) is 0 Å². The summed E-state index contributed by atoms with van der Waals surface area (Å²) in [5.74, 6) is -3.23. The number of phenols is 2. The van der Waals surface area contributed by atoms with E-state index >= 15 is 0 Å². The van der Waals surface area contributed by atoms with Gasteiger partial charge in [-0.15, -0.1) is 0 Å². The van der Waals surface area contributed by atoms with Crippen molar-refractivity contribution < 1.29 is 24.6 Å². The Balaban J connectivity index is 1.44. The van der Waals surface area contributed by atoms with Crippen molar-refractivity contribution in [2.45, 2.75) is 24.5 Å². The molecule has 35 heavy (non-hydrogen) atoms. The predicted molar refractivity (Wildman–Crippen MR) is 126 cm³/mol. The largest absolute Gasteiger partial charge is 0.504 e. The highest BCUT2D eigenvalue weighted by molar-refractivity contribution is 6.15. The van der Waals surface area contributed by atoms with E-state index in [0.29, 0.717) is 16.8 Å². The third-order valence-corrected chi connectivity index (χ3v) is 7.39. The number of carbonyl (C=O) groups excluding carboxylic acids is 3. The quantitative estimate of drug-likeness (QED) is 0.344. The molecule has 8 heteroatoms. The van der Waals surface area contributed by atoms with Gasteiger partial charge in [-0.25, -0.2) is 0 Å². The van der Waals surface area contributed by atoms with Crippen LogP contribution in [-0.4, -0.2) is 38.9 Å². The van der Waals surface area contributed by atoms with Gasteiger partial charge < -0.3 is 15.5 Å². The zero-order valence-electron chi connectivity index (χ0n) is 18.6. The van der Waals surface area contributed by atoms with E-state index in [1.54, 1.807) is 12.1 Å². The van der Waals surface area contributed by atoms with E-state index in [0.717, 1.165) is 5.56 Å². The highest BCUT2D eigenvalue weighted by Crippen LogP contribution is 2.53. The summed E-state index contributed by atoms with van der Waals surface area (Å²) in [6, 6.07) is 20.4. The number of aromatic hydroxyl groups is 2. The maximum absolute atomic E-state index is 13.8. The molecule has 3 aliphatic heterocycles. The van der Waals surface area contributed by atoms with E-state index in [4.69, 9.17) is 0 Å². The molecule has 3 aliphatic rings. The first-order chi connectivity index (χ1) is 16.9. The summed E-state index contributed by atoms with van der Waals surface area (Å²) in [5, 5.41) is 25.9. The lowest BCUT2D eigenvalue weighted by molar-refractivity contribution is -0.143. The molecule has 3 aromatic rings. The van der Waals surface area contributed by atoms with Gasteiger partial charge in [0.2, 0.25) is 17.7 Å². The molecule has 0 aliphatic carbocycles. The second-order valence-corrected chi connectivity index (χ2v) is 9.34. The lowest BCUT2D eigenvalue weighted by Gasteiger charge is -2.29. The van der Waals surface area contributed by atoms with E-state index in [9.17, 15) is 24.6 Å². The molecule has 0 aromatic heterocycles. The molecule has 4 unspecified atom stereocenters. The van der Waals surface area contributed by atoms with Crippen LogP contribution < -0.4 is 10.6 Å². The number of amides is 3. The van der Waals surface area contributed by atoms with Crippen LogP contribution in [0, 0.1) is 11.8 Å². The summed E-state index contributed by atoms with van der Waals surface area (Å²) < 4.78 is 0. The number of imide groups is 1. The summed E-state index contributed by atoms with van der Waals surface area (Å²) in [5.41, 5.74) is 1.39. The fourth-order valence-corrected chi connectivity index (χ4v) is 5.86. The first-order valence-corrected chi connectivity index (χ1v) is 11.5. The normalized spacial score (nSPS) is 26.8. The second kappa shape index (κ2) is 7.68. The number of para-hydroxylation sites is 1. The molecule has 3 aromatic carbocycles. The van der Waals surface area contributed by atoms with Crippen molar-refractivity contribution in [2.24, 2.45) is 11.8 Å². The molecule has 4 N–H and O–H groups in total. The number of anilines is 1. The number of benzene rings is 3. The first kappa shape index (κ1) is 21.4. The Hall–Kier alpha value is -4.17. The SMILES string of the molecule is O=C1C2C(Cc3ccc(O)c(O)c3)NC3(C(=O)Nc4ccccc43)C2C(=O)N1Cc1ccccc1. The third kappa shape index (κ3) is 3.06. The van der Waals surface area contributed by atoms with Crippen molar-refractivity contribution >= 4 is 23.4 Å². The molecule has 0 radical (unpaired) electrons. The minimum atomic E-state index is -1.37. The van der Waals surface area contributed by atoms with E-state index < -0.39 is 23.4 Å². The third-order valence-electron chi connectivity index (χ3n) is 7.39. The summed E-state index contributed by atoms with van der Waals surface area (Å²) in [7, 11) is 0. The van der Waals surface area contributed by atoms with Crippen molar-refractivity contribution in [1.82, 2.24) is 10.2 Å². The number of rotatable bonds is 4. The van der Waals surface area contributed by atoms with Gasteiger partial charge in [-0.1, -0.05) is 54.6 Å². The van der Waals surface area contributed by atoms with Crippen molar-refractivity contribution in [1.29, 1.82) is 0 Å². The molecule has 2 fully saturated rings. The number of likely N-dealkylation sites (tertiary alicyclic amines) is 1. The van der Waals surface area contributed by atoms with Crippen LogP contribution in [0.15, 0.2) is 72.8 Å². The fourth-order valence-electron chi connectivity index (χ4n) is 5.86. The van der Waals surface area contributed by atoms with Gasteiger partial charge in [0, 0.05) is 17.3 Å². The Morgan fingerprint density at radius 1 is 0.829 bits per heavy atom. The summed E-state index contributed by atoms with van der Waals surface area (Å²) in [6.45, 7) is 0.136. The Morgan fingerprint density at radius 3 is 2.34 bits per heavy atom. The molecule has 3 heterocycles. The Labute approximate surface area is 201 Å². The molecule has 6 rings (SSSR count). The van der Waals surface area contributed by atoms with Crippen molar-refractivity contribution in [3.63, 3.8) is 0 Å². The number of hydrogen-bond acceptors (Lipinski definition) is 6. The van der Waals surface area contributed by atoms with E-state index in [1.165, 1.54) is 17.0 Å². The Morgan fingerprint density at radius 2 is 1.57 bits per heavy atom. The maximum Gasteiger partial charge on any atom is 0.250 e. The summed E-state index contributed by atoms with van der Waals surface area (Å²) in [6.07, 6.45) is 0.282. The van der Waals surface area contributed by atoms with Gasteiger partial charge in [-0.2, -0.15) is 0 Å². The van der Waals surface area contributed by atoms with E-state index in [-0.39, 0.29) is 42.2 Å². The molecular formula is C27H23N3O5. The Kier molecular flexibility index (Phi) is 4.69. The number of hydrogen-bond donors (Lipinski definition) is 4. The topological polar surface area (TPSA) is 119 Å². The van der Waals surface area contributed by atoms with Crippen LogP contribution in [-0.2, 0) is 32.9 Å². The van der Waals surface area contributed by atoms with Crippen LogP contribution in [0.4, 0.5) is 5.69 Å². The lowest BCUT2D eigenvalue weighted by atomic mass is 9.76. The zero-order valence-corrected chi connectivity index (χ0v) is 18.6. The Bertz CT molecular complexity index is 1370. The molecule has 4 atom stereocenters. The van der Waals surface area contributed by atoms with Gasteiger partial charge >= 0.3 is 0 Å². The zero-order chi connectivity index (χ0) is 24.3. The van der Waals surface area contributed by atoms with E-state index in [1.807, 2.05) is 48.5 Å². The van der Waals surface area contributed by atoms with Crippen LogP contribution in [0.5, 0.6) is 11.5 Å². The minimum Gasteiger partial charge on any atom is -0.504 e. The van der Waals surface area contributed by atoms with Crippen LogP contribution in [0.25, 0.3) is 0 Å². The van der Waals surface area contributed by atoms with Crippen molar-refractivity contribution in [2.75, 3.05) is 5.32 Å². The lowest BCUT2D eigenvalue weighted by Crippen LogP contribution is -2.53. The first-order valence-electron chi connectivity index (χ1n) is 11.5. The molecule has 176 valence electrons. The number of phenolic OH excluding ortho intramolecular Hbond substituents is 2.